The molecular formula is C6H7IN2O. The molecule has 0 saturated carbocycles. The second-order valence-electron chi connectivity index (χ2n) is 2.06. The first-order chi connectivity index (χ1) is 4.61. The van der Waals surface area contributed by atoms with Crippen LogP contribution in [0.2, 0.25) is 0 Å². The van der Waals surface area contributed by atoms with Crippen LogP contribution in [-0.4, -0.2) is 9.55 Å². The van der Waals surface area contributed by atoms with Crippen LogP contribution in [0.25, 0.3) is 0 Å². The molecule has 1 aromatic rings. The minimum Gasteiger partial charge on any atom is -0.300 e. The molecule has 0 bridgehead atoms. The Kier molecular flexibility index (Phi) is 2.08. The predicted molar refractivity (Wildman–Crippen MR) is 46.9 cm³/mol. The minimum absolute atomic E-state index is 0.190. The largest absolute Gasteiger partial charge is 0.348 e. The predicted octanol–water partition coefficient (Wildman–Crippen LogP) is 0.693. The summed E-state index contributed by atoms with van der Waals surface area (Å²) in [5.41, 5.74) is 0.744. The van der Waals surface area contributed by atoms with Crippen LogP contribution in [0, 0.1) is 10.6 Å². The number of nitrogens with zero attached hydrogens (tertiary/aromatic N) is 2. The maximum Gasteiger partial charge on any atom is 0.348 e. The summed E-state index contributed by atoms with van der Waals surface area (Å²) in [5.74, 6) is 0. The monoisotopic (exact) mass is 250 g/mol. The normalized spacial score (nSPS) is 9.90. The van der Waals surface area contributed by atoms with Crippen molar-refractivity contribution in [2.75, 3.05) is 0 Å². The molecule has 1 rings (SSSR count). The van der Waals surface area contributed by atoms with Crippen LogP contribution in [0.1, 0.15) is 5.69 Å². The molecule has 0 aliphatic heterocycles. The van der Waals surface area contributed by atoms with Crippen molar-refractivity contribution in [2.24, 2.45) is 7.05 Å². The van der Waals surface area contributed by atoms with Gasteiger partial charge in [0.15, 0.2) is 0 Å². The number of halogens is 1. The molecule has 0 aromatic carbocycles. The van der Waals surface area contributed by atoms with Crippen molar-refractivity contribution in [3.63, 3.8) is 0 Å². The Morgan fingerprint density at radius 3 is 2.80 bits per heavy atom. The highest BCUT2D eigenvalue weighted by Crippen LogP contribution is 1.98. The van der Waals surface area contributed by atoms with Gasteiger partial charge in [-0.1, -0.05) is 0 Å². The highest BCUT2D eigenvalue weighted by Gasteiger charge is 1.96. The van der Waals surface area contributed by atoms with Crippen LogP contribution in [0.15, 0.2) is 10.9 Å². The lowest BCUT2D eigenvalue weighted by Crippen LogP contribution is -2.22. The third-order valence-electron chi connectivity index (χ3n) is 1.35. The van der Waals surface area contributed by atoms with Crippen LogP contribution in [0.3, 0.4) is 0 Å². The number of aromatic nitrogens is 2. The van der Waals surface area contributed by atoms with E-state index in [1.807, 2.05) is 35.6 Å². The summed E-state index contributed by atoms with van der Waals surface area (Å²) in [6, 6.07) is 1.86. The molecule has 0 N–H and O–H groups in total. The molecule has 0 fully saturated rings. The molecule has 0 unspecified atom stereocenters. The standard InChI is InChI=1S/C6H7IN2O/c1-4-3-5(7)8-6(10)9(4)2/h3H,1-2H3. The fraction of sp³-hybridized carbons (Fsp3) is 0.333. The Hall–Kier alpha value is -0.390. The zero-order valence-corrected chi connectivity index (χ0v) is 7.92. The fourth-order valence-corrected chi connectivity index (χ4v) is 1.28. The molecule has 54 valence electrons. The Labute approximate surface area is 72.2 Å². The Bertz CT molecular complexity index is 305. The SMILES string of the molecule is Cc1cc(I)nc(=O)n1C. The quantitative estimate of drug-likeness (QED) is 0.501. The zero-order valence-electron chi connectivity index (χ0n) is 5.76. The van der Waals surface area contributed by atoms with E-state index in [1.165, 1.54) is 4.57 Å². The van der Waals surface area contributed by atoms with Crippen molar-refractivity contribution in [3.8, 4) is 0 Å². The topological polar surface area (TPSA) is 34.9 Å². The van der Waals surface area contributed by atoms with Gasteiger partial charge < -0.3 is 0 Å². The Balaban J connectivity index is 3.46. The van der Waals surface area contributed by atoms with E-state index in [4.69, 9.17) is 0 Å². The van der Waals surface area contributed by atoms with Gasteiger partial charge in [-0.3, -0.25) is 4.57 Å². The summed E-state index contributed by atoms with van der Waals surface area (Å²) < 4.78 is 2.26. The van der Waals surface area contributed by atoms with Crippen molar-refractivity contribution >= 4 is 22.6 Å². The molecule has 0 radical (unpaired) electrons. The lowest BCUT2D eigenvalue weighted by Gasteiger charge is -1.99. The van der Waals surface area contributed by atoms with E-state index in [0.29, 0.717) is 0 Å². The van der Waals surface area contributed by atoms with Gasteiger partial charge in [0.05, 0.1) is 0 Å². The highest BCUT2D eigenvalue weighted by atomic mass is 127. The summed E-state index contributed by atoms with van der Waals surface area (Å²) in [5, 5.41) is 0. The fourth-order valence-electron chi connectivity index (χ4n) is 0.619. The molecule has 4 heteroatoms. The summed E-state index contributed by atoms with van der Waals surface area (Å²) in [4.78, 5) is 14.6. The second kappa shape index (κ2) is 2.69. The first-order valence-corrected chi connectivity index (χ1v) is 3.89. The van der Waals surface area contributed by atoms with E-state index >= 15 is 0 Å². The van der Waals surface area contributed by atoms with Crippen molar-refractivity contribution in [1.82, 2.24) is 9.55 Å². The van der Waals surface area contributed by atoms with Gasteiger partial charge in [-0.25, -0.2) is 4.79 Å². The van der Waals surface area contributed by atoms with Crippen molar-refractivity contribution in [1.29, 1.82) is 0 Å². The molecule has 0 atom stereocenters. The van der Waals surface area contributed by atoms with Crippen molar-refractivity contribution in [2.45, 2.75) is 6.92 Å². The van der Waals surface area contributed by atoms with Gasteiger partial charge in [0.2, 0.25) is 0 Å². The van der Waals surface area contributed by atoms with E-state index < -0.39 is 0 Å². The summed E-state index contributed by atoms with van der Waals surface area (Å²) in [7, 11) is 1.71. The van der Waals surface area contributed by atoms with Gasteiger partial charge >= 0.3 is 5.69 Å². The molecular weight excluding hydrogens is 243 g/mol. The third kappa shape index (κ3) is 1.36. The first kappa shape index (κ1) is 7.71. The lowest BCUT2D eigenvalue weighted by molar-refractivity contribution is 0.768. The molecule has 10 heavy (non-hydrogen) atoms. The average molecular weight is 250 g/mol. The number of rotatable bonds is 0. The summed E-state index contributed by atoms with van der Waals surface area (Å²) >= 11 is 2.02. The van der Waals surface area contributed by atoms with Gasteiger partial charge in [0.25, 0.3) is 0 Å². The van der Waals surface area contributed by atoms with Crippen molar-refractivity contribution < 1.29 is 0 Å². The average Bonchev–Trinajstić information content (AvgIpc) is 1.82. The van der Waals surface area contributed by atoms with E-state index in [-0.39, 0.29) is 5.69 Å². The number of aryl methyl sites for hydroxylation is 1. The van der Waals surface area contributed by atoms with Gasteiger partial charge in [0, 0.05) is 12.7 Å². The molecule has 3 nitrogen and oxygen atoms in total. The van der Waals surface area contributed by atoms with Gasteiger partial charge in [-0.05, 0) is 35.6 Å². The van der Waals surface area contributed by atoms with E-state index in [2.05, 4.69) is 4.98 Å². The molecule has 0 saturated heterocycles. The zero-order chi connectivity index (χ0) is 7.72. The molecule has 0 aliphatic carbocycles. The van der Waals surface area contributed by atoms with Gasteiger partial charge in [0.1, 0.15) is 3.70 Å². The molecule has 0 spiro atoms. The second-order valence-corrected chi connectivity index (χ2v) is 3.17. The highest BCUT2D eigenvalue weighted by molar-refractivity contribution is 14.1. The Morgan fingerprint density at radius 1 is 1.70 bits per heavy atom. The van der Waals surface area contributed by atoms with E-state index in [1.54, 1.807) is 7.05 Å². The maximum atomic E-state index is 10.9. The summed E-state index contributed by atoms with van der Waals surface area (Å²) in [6.45, 7) is 1.88. The van der Waals surface area contributed by atoms with Crippen LogP contribution in [0.5, 0.6) is 0 Å². The third-order valence-corrected chi connectivity index (χ3v) is 1.90. The Morgan fingerprint density at radius 2 is 2.30 bits per heavy atom. The van der Waals surface area contributed by atoms with E-state index in [0.717, 1.165) is 9.39 Å². The van der Waals surface area contributed by atoms with Crippen LogP contribution in [0.4, 0.5) is 0 Å². The van der Waals surface area contributed by atoms with Crippen LogP contribution < -0.4 is 5.69 Å². The minimum atomic E-state index is -0.190. The summed E-state index contributed by atoms with van der Waals surface area (Å²) in [6.07, 6.45) is 0. The smallest absolute Gasteiger partial charge is 0.300 e. The molecule has 0 aliphatic rings. The van der Waals surface area contributed by atoms with Gasteiger partial charge in [-0.15, -0.1) is 0 Å². The first-order valence-electron chi connectivity index (χ1n) is 2.81. The molecule has 0 amide bonds. The number of hydrogen-bond acceptors (Lipinski definition) is 2. The number of hydrogen-bond donors (Lipinski definition) is 0. The van der Waals surface area contributed by atoms with Crippen molar-refractivity contribution in [3.05, 3.63) is 25.9 Å². The van der Waals surface area contributed by atoms with E-state index in [9.17, 15) is 4.79 Å². The maximum absolute atomic E-state index is 10.9. The van der Waals surface area contributed by atoms with Gasteiger partial charge in [-0.2, -0.15) is 4.98 Å². The lowest BCUT2D eigenvalue weighted by atomic mass is 10.4. The molecule has 1 heterocycles. The van der Waals surface area contributed by atoms with Crippen LogP contribution >= 0.6 is 22.6 Å². The van der Waals surface area contributed by atoms with Crippen LogP contribution in [-0.2, 0) is 7.05 Å². The molecule has 1 aromatic heterocycles.